The zero-order valence-corrected chi connectivity index (χ0v) is 10.6. The van der Waals surface area contributed by atoms with Crippen molar-refractivity contribution >= 4 is 27.9 Å². The lowest BCUT2D eigenvalue weighted by Crippen LogP contribution is -2.50. The lowest BCUT2D eigenvalue weighted by Gasteiger charge is -2.41. The van der Waals surface area contributed by atoms with E-state index in [2.05, 4.69) is 15.9 Å². The molecule has 0 saturated heterocycles. The summed E-state index contributed by atoms with van der Waals surface area (Å²) in [7, 11) is 0. The van der Waals surface area contributed by atoms with Gasteiger partial charge in [-0.05, 0) is 19.8 Å². The fraction of sp³-hybridized carbons (Fsp3) is 0.800. The number of aliphatic carboxylic acids is 2. The summed E-state index contributed by atoms with van der Waals surface area (Å²) in [5.41, 5.74) is -1.84. The van der Waals surface area contributed by atoms with Crippen molar-refractivity contribution in [2.75, 3.05) is 0 Å². The molecule has 4 nitrogen and oxygen atoms in total. The molecule has 86 valence electrons. The van der Waals surface area contributed by atoms with Gasteiger partial charge in [-0.1, -0.05) is 29.8 Å². The molecule has 0 aromatic rings. The van der Waals surface area contributed by atoms with Crippen molar-refractivity contribution in [2.45, 2.75) is 37.9 Å². The molecule has 1 aliphatic carbocycles. The van der Waals surface area contributed by atoms with Gasteiger partial charge in [0.1, 0.15) is 4.32 Å². The molecule has 5 heteroatoms. The Bertz CT molecular complexity index is 295. The zero-order chi connectivity index (χ0) is 12.1. The number of carbonyl (C=O) groups is 2. The van der Waals surface area contributed by atoms with Crippen molar-refractivity contribution < 1.29 is 19.8 Å². The monoisotopic (exact) mass is 278 g/mol. The second-order valence-electron chi connectivity index (χ2n) is 4.87. The highest BCUT2D eigenvalue weighted by Crippen LogP contribution is 2.61. The minimum Gasteiger partial charge on any atom is -0.481 e. The number of carboxylic acid groups (broad SMARTS) is 2. The van der Waals surface area contributed by atoms with Crippen LogP contribution >= 0.6 is 15.9 Å². The van der Waals surface area contributed by atoms with E-state index in [1.807, 2.05) is 0 Å². The average Bonchev–Trinajstić information content (AvgIpc) is 2.28. The van der Waals surface area contributed by atoms with Gasteiger partial charge in [0.15, 0.2) is 0 Å². The number of hydrogen-bond donors (Lipinski definition) is 2. The van der Waals surface area contributed by atoms with Crippen LogP contribution in [0.3, 0.4) is 0 Å². The van der Waals surface area contributed by atoms with Crippen LogP contribution < -0.4 is 0 Å². The lowest BCUT2D eigenvalue weighted by atomic mass is 9.65. The van der Waals surface area contributed by atoms with Gasteiger partial charge >= 0.3 is 11.9 Å². The highest BCUT2D eigenvalue weighted by atomic mass is 79.9. The van der Waals surface area contributed by atoms with E-state index in [0.717, 1.165) is 0 Å². The molecule has 1 aliphatic rings. The molecule has 0 spiro atoms. The minimum absolute atomic E-state index is 0.331. The maximum absolute atomic E-state index is 11.2. The molecule has 1 fully saturated rings. The molecule has 0 radical (unpaired) electrons. The second kappa shape index (κ2) is 3.20. The van der Waals surface area contributed by atoms with Crippen molar-refractivity contribution in [3.63, 3.8) is 0 Å². The van der Waals surface area contributed by atoms with E-state index in [4.69, 9.17) is 0 Å². The Kier molecular flexibility index (Phi) is 2.67. The molecular weight excluding hydrogens is 264 g/mol. The Labute approximate surface area is 96.8 Å². The Morgan fingerprint density at radius 3 is 1.73 bits per heavy atom. The van der Waals surface area contributed by atoms with Crippen LogP contribution in [0.1, 0.15) is 33.6 Å². The largest absolute Gasteiger partial charge is 0.481 e. The minimum atomic E-state index is -1.15. The third kappa shape index (κ3) is 1.32. The molecular formula is C10H15BrO4. The summed E-state index contributed by atoms with van der Waals surface area (Å²) in [5.74, 6) is -1.92. The summed E-state index contributed by atoms with van der Waals surface area (Å²) < 4.78 is -1.15. The van der Waals surface area contributed by atoms with E-state index in [0.29, 0.717) is 12.8 Å². The molecule has 0 aliphatic heterocycles. The molecule has 1 saturated carbocycles. The summed E-state index contributed by atoms with van der Waals surface area (Å²) in [6.07, 6.45) is 0.699. The SMILES string of the molecule is CC1(C)[C@@](C)(C(=O)O)CC[C@]1(Br)C(=O)O. The van der Waals surface area contributed by atoms with Gasteiger partial charge in [-0.15, -0.1) is 0 Å². The number of carboxylic acids is 2. The smallest absolute Gasteiger partial charge is 0.321 e. The Balaban J connectivity index is 3.26. The number of rotatable bonds is 2. The van der Waals surface area contributed by atoms with Gasteiger partial charge in [-0.3, -0.25) is 9.59 Å². The van der Waals surface area contributed by atoms with Gasteiger partial charge in [-0.25, -0.2) is 0 Å². The van der Waals surface area contributed by atoms with Gasteiger partial charge in [0.25, 0.3) is 0 Å². The highest BCUT2D eigenvalue weighted by molar-refractivity contribution is 9.10. The molecule has 0 aromatic carbocycles. The summed E-state index contributed by atoms with van der Waals surface area (Å²) in [6.45, 7) is 5.00. The highest BCUT2D eigenvalue weighted by Gasteiger charge is 2.66. The van der Waals surface area contributed by atoms with Crippen LogP contribution in [0, 0.1) is 10.8 Å². The van der Waals surface area contributed by atoms with Crippen LogP contribution in [0.4, 0.5) is 0 Å². The predicted octanol–water partition coefficient (Wildman–Crippen LogP) is 2.12. The summed E-state index contributed by atoms with van der Waals surface area (Å²) >= 11 is 3.21. The quantitative estimate of drug-likeness (QED) is 0.759. The van der Waals surface area contributed by atoms with Gasteiger partial charge in [0.2, 0.25) is 0 Å². The van der Waals surface area contributed by atoms with Gasteiger partial charge < -0.3 is 10.2 Å². The van der Waals surface area contributed by atoms with E-state index in [1.165, 1.54) is 0 Å². The van der Waals surface area contributed by atoms with E-state index >= 15 is 0 Å². The molecule has 2 N–H and O–H groups in total. The van der Waals surface area contributed by atoms with E-state index in [9.17, 15) is 19.8 Å². The van der Waals surface area contributed by atoms with E-state index < -0.39 is 27.1 Å². The van der Waals surface area contributed by atoms with Crippen LogP contribution in [-0.2, 0) is 9.59 Å². The Morgan fingerprint density at radius 1 is 1.07 bits per heavy atom. The first kappa shape index (κ1) is 12.5. The summed E-state index contributed by atoms with van der Waals surface area (Å²) in [5, 5.41) is 18.4. The van der Waals surface area contributed by atoms with Crippen LogP contribution in [0.25, 0.3) is 0 Å². The van der Waals surface area contributed by atoms with Gasteiger partial charge in [-0.2, -0.15) is 0 Å². The molecule has 0 bridgehead atoms. The third-order valence-electron chi connectivity index (χ3n) is 4.15. The topological polar surface area (TPSA) is 74.6 Å². The molecule has 0 unspecified atom stereocenters. The van der Waals surface area contributed by atoms with Crippen LogP contribution in [0.15, 0.2) is 0 Å². The van der Waals surface area contributed by atoms with Crippen molar-refractivity contribution in [2.24, 2.45) is 10.8 Å². The van der Waals surface area contributed by atoms with Crippen LogP contribution in [0.5, 0.6) is 0 Å². The maximum atomic E-state index is 11.2. The fourth-order valence-corrected chi connectivity index (χ4v) is 2.87. The third-order valence-corrected chi connectivity index (χ3v) is 5.88. The van der Waals surface area contributed by atoms with E-state index in [1.54, 1.807) is 20.8 Å². The normalized spacial score (nSPS) is 38.9. The maximum Gasteiger partial charge on any atom is 0.321 e. The Hall–Kier alpha value is -0.580. The molecule has 2 atom stereocenters. The number of halogens is 1. The van der Waals surface area contributed by atoms with Crippen molar-refractivity contribution in [3.8, 4) is 0 Å². The number of alkyl halides is 1. The standard InChI is InChI=1S/C10H15BrO4/c1-8(2)9(3,6(12)13)4-5-10(8,11)7(14)15/h4-5H2,1-3H3,(H,12,13)(H,14,15)/t9-,10+/m1/s1. The summed E-state index contributed by atoms with van der Waals surface area (Å²) in [4.78, 5) is 22.4. The lowest BCUT2D eigenvalue weighted by molar-refractivity contribution is -0.156. The number of hydrogen-bond acceptors (Lipinski definition) is 2. The first-order valence-electron chi connectivity index (χ1n) is 4.75. The summed E-state index contributed by atoms with van der Waals surface area (Å²) in [6, 6.07) is 0. The zero-order valence-electron chi connectivity index (χ0n) is 9.00. The average molecular weight is 279 g/mol. The Morgan fingerprint density at radius 2 is 1.53 bits per heavy atom. The second-order valence-corrected chi connectivity index (χ2v) is 6.22. The molecule has 1 rings (SSSR count). The van der Waals surface area contributed by atoms with Crippen LogP contribution in [-0.4, -0.2) is 26.5 Å². The van der Waals surface area contributed by atoms with Gasteiger partial charge in [0.05, 0.1) is 5.41 Å². The molecule has 0 amide bonds. The molecule has 0 heterocycles. The van der Waals surface area contributed by atoms with Crippen LogP contribution in [0.2, 0.25) is 0 Å². The first-order chi connectivity index (χ1) is 6.59. The van der Waals surface area contributed by atoms with Gasteiger partial charge in [0, 0.05) is 5.41 Å². The predicted molar refractivity (Wildman–Crippen MR) is 58.1 cm³/mol. The van der Waals surface area contributed by atoms with Crippen molar-refractivity contribution in [3.05, 3.63) is 0 Å². The molecule has 15 heavy (non-hydrogen) atoms. The van der Waals surface area contributed by atoms with Crippen molar-refractivity contribution in [1.29, 1.82) is 0 Å². The molecule has 0 aromatic heterocycles. The van der Waals surface area contributed by atoms with E-state index in [-0.39, 0.29) is 0 Å². The first-order valence-corrected chi connectivity index (χ1v) is 5.54. The fourth-order valence-electron chi connectivity index (χ4n) is 2.23. The van der Waals surface area contributed by atoms with Crippen molar-refractivity contribution in [1.82, 2.24) is 0 Å².